The lowest BCUT2D eigenvalue weighted by Gasteiger charge is -2.51. The molecule has 4 fully saturated rings. The quantitative estimate of drug-likeness (QED) is 0.638. The molecule has 7 rings (SSSR count). The third kappa shape index (κ3) is 3.96. The normalized spacial score (nSPS) is 29.0. The summed E-state index contributed by atoms with van der Waals surface area (Å²) in [7, 11) is 0. The Labute approximate surface area is 201 Å². The minimum absolute atomic E-state index is 0.0854. The third-order valence-corrected chi connectivity index (χ3v) is 8.54. The van der Waals surface area contributed by atoms with Crippen molar-refractivity contribution in [2.75, 3.05) is 26.2 Å². The average Bonchev–Trinajstić information content (AvgIpc) is 3.62. The summed E-state index contributed by atoms with van der Waals surface area (Å²) in [4.78, 5) is 21.5. The third-order valence-electron chi connectivity index (χ3n) is 8.54. The maximum absolute atomic E-state index is 12.7. The predicted octanol–water partition coefficient (Wildman–Crippen LogP) is 5.24. The summed E-state index contributed by atoms with van der Waals surface area (Å²) in [5, 5.41) is 10.4. The maximum atomic E-state index is 12.7. The van der Waals surface area contributed by atoms with E-state index >= 15 is 0 Å². The molecule has 3 saturated heterocycles. The molecule has 34 heavy (non-hydrogen) atoms. The highest BCUT2D eigenvalue weighted by molar-refractivity contribution is 5.69. The molecule has 0 spiro atoms. The second-order valence-corrected chi connectivity index (χ2v) is 11.5. The Hall–Kier alpha value is -2.60. The highest BCUT2D eigenvalue weighted by atomic mass is 16.5. The number of benzene rings is 1. The molecule has 2 atom stereocenters. The molecule has 6 heteroatoms. The highest BCUT2D eigenvalue weighted by Crippen LogP contribution is 2.51. The van der Waals surface area contributed by atoms with Crippen molar-refractivity contribution in [3.63, 3.8) is 0 Å². The Morgan fingerprint density at radius 2 is 1.91 bits per heavy atom. The lowest BCUT2D eigenvalue weighted by Crippen LogP contribution is -2.60. The van der Waals surface area contributed by atoms with Gasteiger partial charge in [-0.2, -0.15) is 0 Å². The van der Waals surface area contributed by atoms with Gasteiger partial charge in [-0.05, 0) is 85.2 Å². The minimum Gasteiger partial charge on any atom is -0.477 e. The highest BCUT2D eigenvalue weighted by Gasteiger charge is 2.50. The van der Waals surface area contributed by atoms with Crippen LogP contribution in [0.2, 0.25) is 0 Å². The first-order chi connectivity index (χ1) is 16.4. The molecule has 4 heterocycles. The number of hydrogen-bond donors (Lipinski definition) is 1. The van der Waals surface area contributed by atoms with Crippen molar-refractivity contribution in [3.05, 3.63) is 47.7 Å². The van der Waals surface area contributed by atoms with Gasteiger partial charge in [0.25, 0.3) is 0 Å². The van der Waals surface area contributed by atoms with Crippen molar-refractivity contribution >= 4 is 6.09 Å². The van der Waals surface area contributed by atoms with Gasteiger partial charge >= 0.3 is 6.09 Å². The van der Waals surface area contributed by atoms with E-state index in [4.69, 9.17) is 4.74 Å². The molecule has 1 aromatic heterocycles. The van der Waals surface area contributed by atoms with Crippen LogP contribution in [-0.4, -0.2) is 58.3 Å². The van der Waals surface area contributed by atoms with E-state index in [2.05, 4.69) is 48.0 Å². The fraction of sp³-hybridized carbons (Fsp3) is 0.571. The monoisotopic (exact) mass is 461 g/mol. The van der Waals surface area contributed by atoms with Gasteiger partial charge in [0.15, 0.2) is 0 Å². The molecule has 1 amide bonds. The molecule has 0 unspecified atom stereocenters. The first-order valence-electron chi connectivity index (χ1n) is 12.8. The van der Waals surface area contributed by atoms with E-state index in [0.29, 0.717) is 17.7 Å². The molecule has 180 valence electrons. The Kier molecular flexibility index (Phi) is 5.32. The van der Waals surface area contributed by atoms with E-state index in [1.165, 1.54) is 24.0 Å². The van der Waals surface area contributed by atoms with Crippen LogP contribution in [0.15, 0.2) is 36.5 Å². The van der Waals surface area contributed by atoms with Crippen LogP contribution in [0.5, 0.6) is 5.88 Å². The maximum Gasteiger partial charge on any atom is 0.408 e. The number of ether oxygens (including phenoxy) is 1. The number of fused-ring (bicyclic) bond motifs is 4. The van der Waals surface area contributed by atoms with Gasteiger partial charge in [-0.3, -0.25) is 4.90 Å². The zero-order chi connectivity index (χ0) is 23.4. The molecule has 6 nitrogen and oxygen atoms in total. The molecule has 1 saturated carbocycles. The Balaban J connectivity index is 1.27. The van der Waals surface area contributed by atoms with Crippen molar-refractivity contribution in [1.82, 2.24) is 14.8 Å². The van der Waals surface area contributed by atoms with E-state index < -0.39 is 6.09 Å². The lowest BCUT2D eigenvalue weighted by atomic mass is 9.79. The summed E-state index contributed by atoms with van der Waals surface area (Å²) in [5.41, 5.74) is 4.47. The van der Waals surface area contributed by atoms with Crippen molar-refractivity contribution in [2.24, 2.45) is 17.3 Å². The summed E-state index contributed by atoms with van der Waals surface area (Å²) in [5.74, 6) is 1.88. The number of piperidine rings is 3. The number of rotatable bonds is 6. The Morgan fingerprint density at radius 1 is 1.15 bits per heavy atom. The van der Waals surface area contributed by atoms with Gasteiger partial charge < -0.3 is 14.7 Å². The number of pyridine rings is 1. The topological polar surface area (TPSA) is 65.9 Å². The number of amides is 1. The lowest BCUT2D eigenvalue weighted by molar-refractivity contribution is -0.0267. The average molecular weight is 462 g/mol. The summed E-state index contributed by atoms with van der Waals surface area (Å²) >= 11 is 0. The van der Waals surface area contributed by atoms with Crippen LogP contribution in [0.1, 0.15) is 56.7 Å². The molecular formula is C28H35N3O3. The molecule has 2 aromatic rings. The van der Waals surface area contributed by atoms with Crippen LogP contribution in [0.3, 0.4) is 0 Å². The second-order valence-electron chi connectivity index (χ2n) is 11.5. The number of carboxylic acid groups (broad SMARTS) is 1. The van der Waals surface area contributed by atoms with E-state index in [-0.39, 0.29) is 17.5 Å². The molecule has 2 aliphatic carbocycles. The van der Waals surface area contributed by atoms with Gasteiger partial charge in [0.1, 0.15) is 0 Å². The van der Waals surface area contributed by atoms with Gasteiger partial charge in [-0.25, -0.2) is 9.78 Å². The van der Waals surface area contributed by atoms with Crippen LogP contribution in [0.25, 0.3) is 11.1 Å². The Bertz CT molecular complexity index is 1070. The molecule has 5 aliphatic rings. The summed E-state index contributed by atoms with van der Waals surface area (Å²) in [6.07, 6.45) is 6.74. The van der Waals surface area contributed by atoms with Crippen molar-refractivity contribution in [2.45, 2.75) is 58.0 Å². The van der Waals surface area contributed by atoms with Gasteiger partial charge in [0, 0.05) is 24.4 Å². The fourth-order valence-electron chi connectivity index (χ4n) is 6.56. The largest absolute Gasteiger partial charge is 0.477 e. The van der Waals surface area contributed by atoms with Gasteiger partial charge in [0.05, 0.1) is 18.7 Å². The van der Waals surface area contributed by atoms with Gasteiger partial charge in [-0.1, -0.05) is 32.0 Å². The Morgan fingerprint density at radius 3 is 2.53 bits per heavy atom. The first kappa shape index (κ1) is 21.9. The van der Waals surface area contributed by atoms with E-state index in [1.54, 1.807) is 0 Å². The van der Waals surface area contributed by atoms with E-state index in [0.717, 1.165) is 56.6 Å². The summed E-state index contributed by atoms with van der Waals surface area (Å²) < 4.78 is 5.79. The van der Waals surface area contributed by atoms with Gasteiger partial charge in [-0.15, -0.1) is 0 Å². The molecule has 3 aliphatic heterocycles. The standard InChI is InChI=1S/C28H35N3O3/c1-28(2)14-22-13-20(21-6-8-25(29-15-21)34-17-18-3-4-18)5-7-23(22)26(28)31(27(32)33)24-16-30-11-9-19(24)10-12-30/h5-8,13,15,18-19,24,26H,3-4,9-12,14,16-17H2,1-2H3,(H,32,33)/t24-,26+/m1/s1. The van der Waals surface area contributed by atoms with Crippen LogP contribution in [0.4, 0.5) is 4.79 Å². The summed E-state index contributed by atoms with van der Waals surface area (Å²) in [6.45, 7) is 8.31. The number of nitrogens with zero attached hydrogens (tertiary/aromatic N) is 3. The van der Waals surface area contributed by atoms with Crippen LogP contribution in [0, 0.1) is 17.3 Å². The summed E-state index contributed by atoms with van der Waals surface area (Å²) in [6, 6.07) is 10.5. The molecular weight excluding hydrogens is 426 g/mol. The van der Waals surface area contributed by atoms with Crippen molar-refractivity contribution < 1.29 is 14.6 Å². The fourth-order valence-corrected chi connectivity index (χ4v) is 6.56. The molecule has 0 radical (unpaired) electrons. The SMILES string of the molecule is CC1(C)Cc2cc(-c3ccc(OCC4CC4)nc3)ccc2[C@@H]1N(C(=O)O)[C@@H]1CN2CCC1CC2. The van der Waals surface area contributed by atoms with Crippen LogP contribution < -0.4 is 4.74 Å². The number of aromatic nitrogens is 1. The predicted molar refractivity (Wildman–Crippen MR) is 131 cm³/mol. The molecule has 1 aromatic carbocycles. The van der Waals surface area contributed by atoms with Crippen molar-refractivity contribution in [1.29, 1.82) is 0 Å². The smallest absolute Gasteiger partial charge is 0.408 e. The van der Waals surface area contributed by atoms with Crippen molar-refractivity contribution in [3.8, 4) is 17.0 Å². The minimum atomic E-state index is -0.778. The van der Waals surface area contributed by atoms with Crippen LogP contribution in [-0.2, 0) is 6.42 Å². The van der Waals surface area contributed by atoms with E-state index in [9.17, 15) is 9.90 Å². The number of hydrogen-bond acceptors (Lipinski definition) is 4. The molecule has 2 bridgehead atoms. The van der Waals surface area contributed by atoms with Crippen LogP contribution >= 0.6 is 0 Å². The zero-order valence-electron chi connectivity index (χ0n) is 20.2. The van der Waals surface area contributed by atoms with E-state index in [1.807, 2.05) is 17.2 Å². The first-order valence-corrected chi connectivity index (χ1v) is 12.8. The molecule has 1 N–H and O–H groups in total. The number of carbonyl (C=O) groups is 1. The van der Waals surface area contributed by atoms with Gasteiger partial charge in [0.2, 0.25) is 5.88 Å². The zero-order valence-corrected chi connectivity index (χ0v) is 20.2. The second kappa shape index (κ2) is 8.26.